The van der Waals surface area contributed by atoms with E-state index in [9.17, 15) is 9.59 Å². The van der Waals surface area contributed by atoms with Gasteiger partial charge >= 0.3 is 0 Å². The first-order valence-electron chi connectivity index (χ1n) is 12.3. The number of carbonyl (C=O) groups is 2. The van der Waals surface area contributed by atoms with Crippen molar-refractivity contribution in [3.8, 4) is 0 Å². The molecule has 32 heavy (non-hydrogen) atoms. The van der Waals surface area contributed by atoms with Gasteiger partial charge in [0.25, 0.3) is 11.8 Å². The quantitative estimate of drug-likeness (QED) is 0.177. The van der Waals surface area contributed by atoms with Crippen LogP contribution in [0.2, 0.25) is 0 Å². The van der Waals surface area contributed by atoms with Gasteiger partial charge in [0.1, 0.15) is 4.32 Å². The predicted octanol–water partition coefficient (Wildman–Crippen LogP) is 6.94. The van der Waals surface area contributed by atoms with Crippen LogP contribution in [0.3, 0.4) is 0 Å². The molecule has 3 rings (SSSR count). The van der Waals surface area contributed by atoms with Crippen molar-refractivity contribution in [3.63, 3.8) is 0 Å². The van der Waals surface area contributed by atoms with Gasteiger partial charge in [0.2, 0.25) is 0 Å². The third kappa shape index (κ3) is 5.82. The predicted molar refractivity (Wildman–Crippen MR) is 140 cm³/mol. The summed E-state index contributed by atoms with van der Waals surface area (Å²) in [7, 11) is 0. The van der Waals surface area contributed by atoms with Crippen LogP contribution in [0.1, 0.15) is 90.0 Å². The first kappa shape index (κ1) is 25.0. The summed E-state index contributed by atoms with van der Waals surface area (Å²) in [5.74, 6) is -0.154. The third-order valence-electron chi connectivity index (χ3n) is 6.22. The Morgan fingerprint density at radius 2 is 1.31 bits per heavy atom. The summed E-state index contributed by atoms with van der Waals surface area (Å²) in [4.78, 5) is 30.7. The van der Waals surface area contributed by atoms with Crippen LogP contribution >= 0.6 is 24.0 Å². The summed E-state index contributed by atoms with van der Waals surface area (Å²) in [5.41, 5.74) is 2.33. The van der Waals surface area contributed by atoms with Gasteiger partial charge in [-0.25, -0.2) is 0 Å². The molecule has 0 saturated carbocycles. The summed E-state index contributed by atoms with van der Waals surface area (Å²) in [6.07, 6.45) is 12.7. The van der Waals surface area contributed by atoms with E-state index in [0.29, 0.717) is 27.9 Å². The van der Waals surface area contributed by atoms with Gasteiger partial charge in [0.05, 0.1) is 16.2 Å². The zero-order chi connectivity index (χ0) is 22.9. The molecule has 174 valence electrons. The van der Waals surface area contributed by atoms with Crippen LogP contribution in [0.25, 0.3) is 5.57 Å². The molecule has 0 atom stereocenters. The molecule has 1 aromatic rings. The van der Waals surface area contributed by atoms with E-state index in [2.05, 4.69) is 13.8 Å². The van der Waals surface area contributed by atoms with Gasteiger partial charge in [0.15, 0.2) is 0 Å². The summed E-state index contributed by atoms with van der Waals surface area (Å²) < 4.78 is 0.578. The van der Waals surface area contributed by atoms with Crippen LogP contribution in [0.4, 0.5) is 5.69 Å². The first-order valence-corrected chi connectivity index (χ1v) is 13.5. The highest BCUT2D eigenvalue weighted by atomic mass is 32.2. The fourth-order valence-electron chi connectivity index (χ4n) is 4.39. The molecule has 2 aliphatic rings. The molecule has 0 aliphatic carbocycles. The number of carbonyl (C=O) groups excluding carboxylic acids is 2. The number of unbranched alkanes of at least 4 members (excludes halogenated alkanes) is 9. The minimum atomic E-state index is -0.100. The number of nitrogens with zero attached hydrogens (tertiary/aromatic N) is 2. The maximum Gasteiger partial charge on any atom is 0.267 e. The number of rotatable bonds is 13. The summed E-state index contributed by atoms with van der Waals surface area (Å²) in [5, 5.41) is 0. The Labute approximate surface area is 202 Å². The lowest BCUT2D eigenvalue weighted by Gasteiger charge is -2.17. The highest BCUT2D eigenvalue weighted by Crippen LogP contribution is 2.44. The van der Waals surface area contributed by atoms with Gasteiger partial charge in [-0.15, -0.1) is 0 Å². The number of anilines is 1. The van der Waals surface area contributed by atoms with E-state index < -0.39 is 0 Å². The SMILES string of the molecule is CCCCCCCCN1C(=O)/C(=C2/C(=O)N(CCCCCCC)c3ccccc32)SC1=S. The number of hydrogen-bond acceptors (Lipinski definition) is 4. The maximum atomic E-state index is 13.4. The maximum absolute atomic E-state index is 13.4. The van der Waals surface area contributed by atoms with Crippen LogP contribution in [0, 0.1) is 0 Å². The number of thiocarbonyl (C=S) groups is 1. The lowest BCUT2D eigenvalue weighted by Crippen LogP contribution is -2.30. The van der Waals surface area contributed by atoms with Crippen molar-refractivity contribution < 1.29 is 9.59 Å². The molecule has 0 bridgehead atoms. The summed E-state index contributed by atoms with van der Waals surface area (Å²) in [6.45, 7) is 5.75. The number of hydrogen-bond donors (Lipinski definition) is 0. The Morgan fingerprint density at radius 1 is 0.750 bits per heavy atom. The molecule has 0 aromatic heterocycles. The Bertz CT molecular complexity index is 865. The zero-order valence-corrected chi connectivity index (χ0v) is 21.2. The van der Waals surface area contributed by atoms with E-state index in [1.165, 1.54) is 56.7 Å². The van der Waals surface area contributed by atoms with E-state index >= 15 is 0 Å². The molecule has 2 aliphatic heterocycles. The van der Waals surface area contributed by atoms with Crippen LogP contribution in [0.5, 0.6) is 0 Å². The van der Waals surface area contributed by atoms with Crippen molar-refractivity contribution in [1.29, 1.82) is 0 Å². The lowest BCUT2D eigenvalue weighted by molar-refractivity contribution is -0.122. The van der Waals surface area contributed by atoms with E-state index in [-0.39, 0.29) is 11.8 Å². The Hall–Kier alpha value is -1.66. The monoisotopic (exact) mass is 472 g/mol. The number of amides is 2. The fourth-order valence-corrected chi connectivity index (χ4v) is 5.77. The molecule has 1 aromatic carbocycles. The largest absolute Gasteiger partial charge is 0.308 e. The average Bonchev–Trinajstić information content (AvgIpc) is 3.23. The van der Waals surface area contributed by atoms with E-state index in [0.717, 1.165) is 36.9 Å². The molecule has 1 saturated heterocycles. The van der Waals surface area contributed by atoms with Gasteiger partial charge in [-0.3, -0.25) is 14.5 Å². The highest BCUT2D eigenvalue weighted by Gasteiger charge is 2.41. The molecule has 2 amide bonds. The van der Waals surface area contributed by atoms with Crippen LogP contribution in [0.15, 0.2) is 29.2 Å². The second-order valence-electron chi connectivity index (χ2n) is 8.68. The second-order valence-corrected chi connectivity index (χ2v) is 10.3. The van der Waals surface area contributed by atoms with Crippen LogP contribution < -0.4 is 4.90 Å². The fraction of sp³-hybridized carbons (Fsp3) is 0.577. The molecule has 6 heteroatoms. The highest BCUT2D eigenvalue weighted by molar-refractivity contribution is 8.26. The van der Waals surface area contributed by atoms with Crippen LogP contribution in [-0.4, -0.2) is 34.1 Å². The minimum Gasteiger partial charge on any atom is -0.308 e. The standard InChI is InChI=1S/C26H36N2O2S2/c1-3-5-7-9-11-15-19-28-25(30)23(32-26(28)31)22-20-16-12-13-17-21(20)27(24(22)29)18-14-10-8-6-4-2/h12-13,16-17H,3-11,14-15,18-19H2,1-2H3/b23-22-. The number of benzene rings is 1. The normalized spacial score (nSPS) is 18.2. The molecule has 0 spiro atoms. The smallest absolute Gasteiger partial charge is 0.267 e. The molecule has 0 radical (unpaired) electrons. The van der Waals surface area contributed by atoms with Gasteiger partial charge in [-0.1, -0.05) is 114 Å². The van der Waals surface area contributed by atoms with Crippen molar-refractivity contribution >= 4 is 51.4 Å². The van der Waals surface area contributed by atoms with Crippen molar-refractivity contribution in [2.75, 3.05) is 18.0 Å². The van der Waals surface area contributed by atoms with Crippen LogP contribution in [-0.2, 0) is 9.59 Å². The molecule has 1 fully saturated rings. The number of fused-ring (bicyclic) bond motifs is 1. The lowest BCUT2D eigenvalue weighted by atomic mass is 10.1. The molecule has 4 nitrogen and oxygen atoms in total. The van der Waals surface area contributed by atoms with Crippen molar-refractivity contribution in [2.45, 2.75) is 84.5 Å². The minimum absolute atomic E-state index is 0.0539. The Morgan fingerprint density at radius 3 is 1.97 bits per heavy atom. The van der Waals surface area contributed by atoms with Crippen molar-refractivity contribution in [3.05, 3.63) is 34.7 Å². The van der Waals surface area contributed by atoms with Gasteiger partial charge < -0.3 is 4.90 Å². The van der Waals surface area contributed by atoms with Crippen molar-refractivity contribution in [1.82, 2.24) is 4.90 Å². The molecule has 0 N–H and O–H groups in total. The first-order chi connectivity index (χ1) is 15.6. The summed E-state index contributed by atoms with van der Waals surface area (Å²) >= 11 is 6.83. The molecule has 2 heterocycles. The second kappa shape index (κ2) is 12.5. The number of para-hydroxylation sites is 1. The molecular weight excluding hydrogens is 436 g/mol. The van der Waals surface area contributed by atoms with Gasteiger partial charge in [-0.05, 0) is 18.9 Å². The average molecular weight is 473 g/mol. The Balaban J connectivity index is 1.71. The number of thioether (sulfide) groups is 1. The van der Waals surface area contributed by atoms with Gasteiger partial charge in [-0.2, -0.15) is 0 Å². The Kier molecular flexibility index (Phi) is 9.79. The zero-order valence-electron chi connectivity index (χ0n) is 19.5. The van der Waals surface area contributed by atoms with E-state index in [1.807, 2.05) is 29.2 Å². The van der Waals surface area contributed by atoms with Gasteiger partial charge in [0, 0.05) is 18.7 Å². The van der Waals surface area contributed by atoms with E-state index in [1.54, 1.807) is 4.90 Å². The topological polar surface area (TPSA) is 40.6 Å². The molecule has 0 unspecified atom stereocenters. The third-order valence-corrected chi connectivity index (χ3v) is 7.67. The molecular formula is C26H36N2O2S2. The summed E-state index contributed by atoms with van der Waals surface area (Å²) in [6, 6.07) is 7.85. The van der Waals surface area contributed by atoms with Crippen molar-refractivity contribution in [2.24, 2.45) is 0 Å². The van der Waals surface area contributed by atoms with E-state index in [4.69, 9.17) is 12.2 Å².